The quantitative estimate of drug-likeness (QED) is 0.493. The van der Waals surface area contributed by atoms with E-state index in [1.165, 1.54) is 18.3 Å². The van der Waals surface area contributed by atoms with Gasteiger partial charge >= 0.3 is 0 Å². The highest BCUT2D eigenvalue weighted by molar-refractivity contribution is 6.06. The minimum absolute atomic E-state index is 0.0538. The lowest BCUT2D eigenvalue weighted by atomic mass is 9.98. The molecule has 8 heteroatoms. The Balaban J connectivity index is 2.22. The summed E-state index contributed by atoms with van der Waals surface area (Å²) in [6, 6.07) is 6.47. The lowest BCUT2D eigenvalue weighted by Gasteiger charge is -2.11. The van der Waals surface area contributed by atoms with E-state index in [1.54, 1.807) is 13.0 Å². The highest BCUT2D eigenvalue weighted by Gasteiger charge is 2.19. The third kappa shape index (κ3) is 2.06. The molecule has 4 N–H and O–H groups in total. The number of anilines is 1. The van der Waals surface area contributed by atoms with Crippen molar-refractivity contribution in [3.63, 3.8) is 0 Å². The maximum absolute atomic E-state index is 14.0. The Morgan fingerprint density at radius 2 is 2.16 bits per heavy atom. The van der Waals surface area contributed by atoms with Gasteiger partial charge in [-0.2, -0.15) is 10.4 Å². The van der Waals surface area contributed by atoms with Crippen LogP contribution in [0.4, 0.5) is 10.1 Å². The van der Waals surface area contributed by atoms with E-state index in [-0.39, 0.29) is 16.9 Å². The number of nitrogen functional groups attached to an aromatic ring is 1. The number of aromatic nitrogens is 4. The monoisotopic (exact) mass is 334 g/mol. The molecule has 122 valence electrons. The van der Waals surface area contributed by atoms with Crippen molar-refractivity contribution in [3.8, 4) is 17.2 Å². The number of nitrogens with one attached hydrogen (secondary N) is 2. The molecule has 0 spiro atoms. The van der Waals surface area contributed by atoms with Crippen LogP contribution >= 0.6 is 0 Å². The number of hydrogen-bond acceptors (Lipinski definition) is 5. The molecule has 0 aliphatic carbocycles. The van der Waals surface area contributed by atoms with Crippen molar-refractivity contribution >= 4 is 27.6 Å². The largest absolute Gasteiger partial charge is 0.394 e. The van der Waals surface area contributed by atoms with Crippen LogP contribution in [0.15, 0.2) is 29.2 Å². The van der Waals surface area contributed by atoms with E-state index in [0.29, 0.717) is 33.1 Å². The van der Waals surface area contributed by atoms with E-state index >= 15 is 0 Å². The molecule has 0 unspecified atom stereocenters. The second kappa shape index (κ2) is 5.14. The maximum atomic E-state index is 14.0. The molecule has 3 aromatic heterocycles. The number of rotatable bonds is 1. The zero-order chi connectivity index (χ0) is 17.7. The Morgan fingerprint density at radius 3 is 2.92 bits per heavy atom. The molecule has 4 aromatic rings. The molecule has 7 nitrogen and oxygen atoms in total. The van der Waals surface area contributed by atoms with Gasteiger partial charge in [-0.25, -0.2) is 9.37 Å². The summed E-state index contributed by atoms with van der Waals surface area (Å²) >= 11 is 0. The fourth-order valence-electron chi connectivity index (χ4n) is 2.94. The Labute approximate surface area is 139 Å². The van der Waals surface area contributed by atoms with E-state index in [0.717, 1.165) is 0 Å². The predicted octanol–water partition coefficient (Wildman–Crippen LogP) is 2.37. The number of nitrogens with zero attached hydrogens (tertiary/aromatic N) is 3. The van der Waals surface area contributed by atoms with Gasteiger partial charge in [-0.05, 0) is 30.2 Å². The van der Waals surface area contributed by atoms with Crippen LogP contribution in [0, 0.1) is 24.1 Å². The van der Waals surface area contributed by atoms with Gasteiger partial charge in [-0.3, -0.25) is 9.89 Å². The van der Waals surface area contributed by atoms with Gasteiger partial charge in [-0.1, -0.05) is 6.07 Å². The summed E-state index contributed by atoms with van der Waals surface area (Å²) < 4.78 is 14.0. The Bertz CT molecular complexity index is 1260. The molecule has 0 saturated carbocycles. The van der Waals surface area contributed by atoms with Crippen molar-refractivity contribution in [1.29, 1.82) is 5.26 Å². The van der Waals surface area contributed by atoms with Crippen molar-refractivity contribution < 1.29 is 4.39 Å². The first-order chi connectivity index (χ1) is 12.0. The number of nitriles is 1. The van der Waals surface area contributed by atoms with E-state index in [2.05, 4.69) is 20.2 Å². The van der Waals surface area contributed by atoms with Gasteiger partial charge in [0.25, 0.3) is 5.56 Å². The summed E-state index contributed by atoms with van der Waals surface area (Å²) in [5, 5.41) is 16.2. The molecule has 0 atom stereocenters. The van der Waals surface area contributed by atoms with Crippen molar-refractivity contribution in [3.05, 3.63) is 51.8 Å². The van der Waals surface area contributed by atoms with Crippen LogP contribution in [-0.2, 0) is 0 Å². The minimum Gasteiger partial charge on any atom is -0.394 e. The lowest BCUT2D eigenvalue weighted by molar-refractivity contribution is 0.636. The van der Waals surface area contributed by atoms with Crippen LogP contribution < -0.4 is 11.3 Å². The second-order valence-electron chi connectivity index (χ2n) is 5.66. The van der Waals surface area contributed by atoms with Crippen molar-refractivity contribution in [1.82, 2.24) is 20.2 Å². The van der Waals surface area contributed by atoms with Crippen LogP contribution in [0.2, 0.25) is 0 Å². The van der Waals surface area contributed by atoms with Crippen LogP contribution in [0.1, 0.15) is 11.3 Å². The fourth-order valence-corrected chi connectivity index (χ4v) is 2.94. The number of pyridine rings is 2. The summed E-state index contributed by atoms with van der Waals surface area (Å²) in [5.41, 5.74) is 8.23. The summed E-state index contributed by atoms with van der Waals surface area (Å²) in [6.07, 6.45) is 1.46. The van der Waals surface area contributed by atoms with Gasteiger partial charge in [0.15, 0.2) is 0 Å². The van der Waals surface area contributed by atoms with Gasteiger partial charge < -0.3 is 10.7 Å². The minimum atomic E-state index is -0.477. The van der Waals surface area contributed by atoms with Crippen molar-refractivity contribution in [2.45, 2.75) is 6.92 Å². The molecule has 0 aliphatic heterocycles. The predicted molar refractivity (Wildman–Crippen MR) is 91.3 cm³/mol. The third-order valence-corrected chi connectivity index (χ3v) is 4.15. The molecule has 0 fully saturated rings. The number of hydrogen-bond donors (Lipinski definition) is 3. The average Bonchev–Trinajstić information content (AvgIpc) is 3.08. The number of halogens is 1. The number of fused-ring (bicyclic) bond motifs is 2. The SMILES string of the molecule is Cc1cc2[nH]c(=O)c(N)c(-c3ccc(F)c4[nH]ncc34)c2nc1C#N. The van der Waals surface area contributed by atoms with Gasteiger partial charge in [0, 0.05) is 10.9 Å². The van der Waals surface area contributed by atoms with Crippen molar-refractivity contribution in [2.24, 2.45) is 0 Å². The van der Waals surface area contributed by atoms with Gasteiger partial charge in [0.05, 0.1) is 17.2 Å². The van der Waals surface area contributed by atoms with E-state index < -0.39 is 11.4 Å². The zero-order valence-electron chi connectivity index (χ0n) is 13.0. The molecule has 0 aliphatic rings. The first kappa shape index (κ1) is 14.8. The van der Waals surface area contributed by atoms with Gasteiger partial charge in [-0.15, -0.1) is 0 Å². The van der Waals surface area contributed by atoms with Gasteiger partial charge in [0.1, 0.15) is 28.8 Å². The van der Waals surface area contributed by atoms with Crippen LogP contribution in [-0.4, -0.2) is 20.2 Å². The fraction of sp³-hybridized carbons (Fsp3) is 0.0588. The number of nitrogens with two attached hydrogens (primary N) is 1. The van der Waals surface area contributed by atoms with E-state index in [9.17, 15) is 14.4 Å². The standard InChI is InChI=1S/C17H11FN6O/c1-7-4-11-16(22-12(7)5-19)13(14(20)17(25)23-11)8-2-3-10(18)15-9(8)6-21-24-15/h2-4,6H,20H2,1H3,(H,21,24)(H,23,25). The summed E-state index contributed by atoms with van der Waals surface area (Å²) in [4.78, 5) is 19.3. The zero-order valence-corrected chi connectivity index (χ0v) is 13.0. The number of benzene rings is 1. The molecular formula is C17H11FN6O. The molecule has 4 rings (SSSR count). The van der Waals surface area contributed by atoms with Crippen LogP contribution in [0.5, 0.6) is 0 Å². The molecule has 1 aromatic carbocycles. The number of aryl methyl sites for hydroxylation is 1. The van der Waals surface area contributed by atoms with E-state index in [1.807, 2.05) is 6.07 Å². The highest BCUT2D eigenvalue weighted by atomic mass is 19.1. The highest BCUT2D eigenvalue weighted by Crippen LogP contribution is 2.35. The normalized spacial score (nSPS) is 11.1. The Morgan fingerprint density at radius 1 is 1.36 bits per heavy atom. The molecule has 0 bridgehead atoms. The smallest absolute Gasteiger partial charge is 0.272 e. The molecule has 25 heavy (non-hydrogen) atoms. The van der Waals surface area contributed by atoms with Crippen LogP contribution in [0.3, 0.4) is 0 Å². The number of H-pyrrole nitrogens is 2. The summed E-state index contributed by atoms with van der Waals surface area (Å²) in [6.45, 7) is 1.73. The average molecular weight is 334 g/mol. The first-order valence-corrected chi connectivity index (χ1v) is 7.36. The Kier molecular flexibility index (Phi) is 3.05. The topological polar surface area (TPSA) is 124 Å². The van der Waals surface area contributed by atoms with Gasteiger partial charge in [0.2, 0.25) is 0 Å². The van der Waals surface area contributed by atoms with E-state index in [4.69, 9.17) is 5.73 Å². The molecule has 0 saturated heterocycles. The maximum Gasteiger partial charge on any atom is 0.272 e. The molecule has 0 radical (unpaired) electrons. The molecular weight excluding hydrogens is 323 g/mol. The lowest BCUT2D eigenvalue weighted by Crippen LogP contribution is -2.14. The third-order valence-electron chi connectivity index (χ3n) is 4.15. The summed E-state index contributed by atoms with van der Waals surface area (Å²) in [7, 11) is 0. The molecule has 3 heterocycles. The first-order valence-electron chi connectivity index (χ1n) is 7.36. The number of aromatic amines is 2. The summed E-state index contributed by atoms with van der Waals surface area (Å²) in [5.74, 6) is -0.467. The van der Waals surface area contributed by atoms with Crippen LogP contribution in [0.25, 0.3) is 33.1 Å². The molecule has 0 amide bonds. The second-order valence-corrected chi connectivity index (χ2v) is 5.66. The Hall–Kier alpha value is -3.73. The van der Waals surface area contributed by atoms with Crippen molar-refractivity contribution in [2.75, 3.05) is 5.73 Å².